The molecule has 0 saturated heterocycles. The van der Waals surface area contributed by atoms with Crippen LogP contribution in [0.4, 0.5) is 0 Å². The molecule has 0 aromatic carbocycles. The average Bonchev–Trinajstić information content (AvgIpc) is 3.47. The van der Waals surface area contributed by atoms with E-state index >= 15 is 0 Å². The summed E-state index contributed by atoms with van der Waals surface area (Å²) in [5.41, 5.74) is 2.95. The number of aryl methyl sites for hydroxylation is 1. The lowest BCUT2D eigenvalue weighted by Gasteiger charge is -2.21. The minimum atomic E-state index is 0.182. The van der Waals surface area contributed by atoms with Gasteiger partial charge in [-0.15, -0.1) is 5.10 Å². The van der Waals surface area contributed by atoms with E-state index in [9.17, 15) is 0 Å². The Hall–Kier alpha value is -2.84. The highest BCUT2D eigenvalue weighted by Crippen LogP contribution is 2.36. The predicted octanol–water partition coefficient (Wildman–Crippen LogP) is 2.51. The molecule has 1 saturated carbocycles. The van der Waals surface area contributed by atoms with E-state index < -0.39 is 0 Å². The van der Waals surface area contributed by atoms with Gasteiger partial charge in [-0.25, -0.2) is 14.6 Å². The van der Waals surface area contributed by atoms with E-state index in [4.69, 9.17) is 9.26 Å². The standard InChI is InChI=1S/C18H21N7O2/c1-26-16-9-14(19-10-20-16)17-21-18(27-23-17)11-6-7-13-15(8-11)25(24-22-13)12-4-2-3-5-12/h9-12H,2-8H2,1H3. The van der Waals surface area contributed by atoms with Gasteiger partial charge in [-0.1, -0.05) is 23.2 Å². The first-order valence-corrected chi connectivity index (χ1v) is 9.45. The number of methoxy groups -OCH3 is 1. The van der Waals surface area contributed by atoms with Gasteiger partial charge in [0.25, 0.3) is 0 Å². The van der Waals surface area contributed by atoms with Gasteiger partial charge in [-0.3, -0.25) is 0 Å². The summed E-state index contributed by atoms with van der Waals surface area (Å²) in [6.45, 7) is 0. The lowest BCUT2D eigenvalue weighted by molar-refractivity contribution is 0.334. The molecule has 2 aliphatic rings. The Morgan fingerprint density at radius 1 is 1.19 bits per heavy atom. The second kappa shape index (κ2) is 6.71. The molecule has 1 unspecified atom stereocenters. The molecule has 27 heavy (non-hydrogen) atoms. The summed E-state index contributed by atoms with van der Waals surface area (Å²) in [6, 6.07) is 2.19. The van der Waals surface area contributed by atoms with Gasteiger partial charge in [0.05, 0.1) is 24.5 Å². The van der Waals surface area contributed by atoms with Crippen LogP contribution in [-0.4, -0.2) is 42.2 Å². The monoisotopic (exact) mass is 367 g/mol. The molecule has 3 aromatic heterocycles. The van der Waals surface area contributed by atoms with Crippen molar-refractivity contribution in [2.24, 2.45) is 0 Å². The number of rotatable bonds is 4. The van der Waals surface area contributed by atoms with Crippen LogP contribution in [0.3, 0.4) is 0 Å². The van der Waals surface area contributed by atoms with Gasteiger partial charge in [0.1, 0.15) is 12.0 Å². The van der Waals surface area contributed by atoms with Crippen LogP contribution in [0.1, 0.15) is 61.3 Å². The van der Waals surface area contributed by atoms with E-state index in [2.05, 4.69) is 35.1 Å². The SMILES string of the molecule is COc1cc(-c2noc(C3CCc4nnn(C5CCCC5)c4C3)n2)ncn1. The van der Waals surface area contributed by atoms with Crippen LogP contribution in [0.5, 0.6) is 5.88 Å². The Morgan fingerprint density at radius 2 is 2.07 bits per heavy atom. The fourth-order valence-corrected chi connectivity index (χ4v) is 4.13. The quantitative estimate of drug-likeness (QED) is 0.693. The average molecular weight is 367 g/mol. The summed E-state index contributed by atoms with van der Waals surface area (Å²) in [5.74, 6) is 1.76. The molecule has 0 N–H and O–H groups in total. The van der Waals surface area contributed by atoms with Gasteiger partial charge in [0, 0.05) is 18.4 Å². The van der Waals surface area contributed by atoms with Crippen molar-refractivity contribution >= 4 is 0 Å². The molecular formula is C18H21N7O2. The molecule has 9 nitrogen and oxygen atoms in total. The molecule has 3 aromatic rings. The topological polar surface area (TPSA) is 105 Å². The lowest BCUT2D eigenvalue weighted by atomic mass is 9.89. The van der Waals surface area contributed by atoms with Crippen LogP contribution >= 0.6 is 0 Å². The molecule has 9 heteroatoms. The molecule has 2 aliphatic carbocycles. The molecule has 1 atom stereocenters. The molecule has 0 spiro atoms. The number of nitrogens with zero attached hydrogens (tertiary/aromatic N) is 7. The number of hydrogen-bond acceptors (Lipinski definition) is 8. The minimum absolute atomic E-state index is 0.182. The third-order valence-electron chi connectivity index (χ3n) is 5.58. The van der Waals surface area contributed by atoms with Crippen LogP contribution in [-0.2, 0) is 12.8 Å². The zero-order valence-electron chi connectivity index (χ0n) is 15.2. The number of aromatic nitrogens is 7. The van der Waals surface area contributed by atoms with Crippen molar-refractivity contribution in [3.05, 3.63) is 29.7 Å². The van der Waals surface area contributed by atoms with Gasteiger partial charge < -0.3 is 9.26 Å². The maximum Gasteiger partial charge on any atom is 0.230 e. The van der Waals surface area contributed by atoms with Crippen LogP contribution in [0.2, 0.25) is 0 Å². The Labute approximate surface area is 156 Å². The van der Waals surface area contributed by atoms with Crippen LogP contribution in [0.15, 0.2) is 16.9 Å². The summed E-state index contributed by atoms with van der Waals surface area (Å²) < 4.78 is 12.9. The van der Waals surface area contributed by atoms with E-state index in [0.717, 1.165) is 25.0 Å². The van der Waals surface area contributed by atoms with E-state index in [1.807, 2.05) is 0 Å². The molecule has 0 aliphatic heterocycles. The lowest BCUT2D eigenvalue weighted by Crippen LogP contribution is -2.18. The van der Waals surface area contributed by atoms with Gasteiger partial charge >= 0.3 is 0 Å². The second-order valence-electron chi connectivity index (χ2n) is 7.21. The molecule has 5 rings (SSSR count). The molecule has 140 valence electrons. The molecule has 0 amide bonds. The summed E-state index contributed by atoms with van der Waals surface area (Å²) >= 11 is 0. The van der Waals surface area contributed by atoms with Gasteiger partial charge in [0.15, 0.2) is 0 Å². The molecule has 0 radical (unpaired) electrons. The molecular weight excluding hydrogens is 346 g/mol. The molecule has 1 fully saturated rings. The predicted molar refractivity (Wildman–Crippen MR) is 94.2 cm³/mol. The Morgan fingerprint density at radius 3 is 2.93 bits per heavy atom. The van der Waals surface area contributed by atoms with Crippen LogP contribution in [0.25, 0.3) is 11.5 Å². The fourth-order valence-electron chi connectivity index (χ4n) is 4.13. The Bertz CT molecular complexity index is 945. The van der Waals surface area contributed by atoms with E-state index in [-0.39, 0.29) is 5.92 Å². The first-order valence-electron chi connectivity index (χ1n) is 9.45. The third kappa shape index (κ3) is 2.96. The molecule has 0 bridgehead atoms. The zero-order chi connectivity index (χ0) is 18.2. The first-order chi connectivity index (χ1) is 13.3. The van der Waals surface area contributed by atoms with Crippen LogP contribution < -0.4 is 4.74 Å². The Balaban J connectivity index is 1.39. The van der Waals surface area contributed by atoms with Crippen molar-refractivity contribution < 1.29 is 9.26 Å². The smallest absolute Gasteiger partial charge is 0.230 e. The molecule has 3 heterocycles. The maximum absolute atomic E-state index is 5.58. The highest BCUT2D eigenvalue weighted by atomic mass is 16.5. The van der Waals surface area contributed by atoms with Crippen molar-refractivity contribution in [2.75, 3.05) is 7.11 Å². The summed E-state index contributed by atoms with van der Waals surface area (Å²) in [4.78, 5) is 12.8. The number of fused-ring (bicyclic) bond motifs is 1. The summed E-state index contributed by atoms with van der Waals surface area (Å²) in [6.07, 6.45) is 9.05. The van der Waals surface area contributed by atoms with E-state index in [1.165, 1.54) is 37.7 Å². The normalized spacial score (nSPS) is 20.0. The largest absolute Gasteiger partial charge is 0.481 e. The zero-order valence-corrected chi connectivity index (χ0v) is 15.2. The van der Waals surface area contributed by atoms with Gasteiger partial charge in [0.2, 0.25) is 17.6 Å². The van der Waals surface area contributed by atoms with E-state index in [1.54, 1.807) is 13.2 Å². The first kappa shape index (κ1) is 16.3. The summed E-state index contributed by atoms with van der Waals surface area (Å²) in [5, 5.41) is 13.0. The van der Waals surface area contributed by atoms with Crippen molar-refractivity contribution in [1.29, 1.82) is 0 Å². The number of hydrogen-bond donors (Lipinski definition) is 0. The highest BCUT2D eigenvalue weighted by Gasteiger charge is 2.31. The second-order valence-corrected chi connectivity index (χ2v) is 7.21. The highest BCUT2D eigenvalue weighted by molar-refractivity contribution is 5.49. The minimum Gasteiger partial charge on any atom is -0.481 e. The van der Waals surface area contributed by atoms with Gasteiger partial charge in [-0.2, -0.15) is 4.98 Å². The van der Waals surface area contributed by atoms with Crippen molar-refractivity contribution in [2.45, 2.75) is 56.9 Å². The number of ether oxygens (including phenoxy) is 1. The van der Waals surface area contributed by atoms with Crippen molar-refractivity contribution in [1.82, 2.24) is 35.1 Å². The summed E-state index contributed by atoms with van der Waals surface area (Å²) in [7, 11) is 1.56. The van der Waals surface area contributed by atoms with E-state index in [0.29, 0.717) is 29.3 Å². The third-order valence-corrected chi connectivity index (χ3v) is 5.58. The van der Waals surface area contributed by atoms with Crippen LogP contribution in [0, 0.1) is 0 Å². The fraction of sp³-hybridized carbons (Fsp3) is 0.556. The van der Waals surface area contributed by atoms with Gasteiger partial charge in [-0.05, 0) is 25.7 Å². The van der Waals surface area contributed by atoms with Crippen molar-refractivity contribution in [3.8, 4) is 17.4 Å². The maximum atomic E-state index is 5.58. The van der Waals surface area contributed by atoms with Crippen molar-refractivity contribution in [3.63, 3.8) is 0 Å². The Kier molecular flexibility index (Phi) is 4.06.